The van der Waals surface area contributed by atoms with Crippen molar-refractivity contribution < 1.29 is 18.3 Å². The lowest BCUT2D eigenvalue weighted by Crippen LogP contribution is -2.47. The first-order valence-electron chi connectivity index (χ1n) is 12.3. The zero-order valence-corrected chi connectivity index (χ0v) is 20.8. The second-order valence-electron chi connectivity index (χ2n) is 9.25. The fraction of sp³-hybridized carbons (Fsp3) is 0.321. The van der Waals surface area contributed by atoms with E-state index in [1.165, 1.54) is 0 Å². The number of hydrogen-bond acceptors (Lipinski definition) is 5. The smallest absolute Gasteiger partial charge is 0.228 e. The van der Waals surface area contributed by atoms with Gasteiger partial charge in [-0.2, -0.15) is 0 Å². The number of carbonyl (C=O) groups is 1. The molecule has 2 aliphatic heterocycles. The van der Waals surface area contributed by atoms with Crippen molar-refractivity contribution in [2.45, 2.75) is 18.5 Å². The maximum Gasteiger partial charge on any atom is 0.228 e. The van der Waals surface area contributed by atoms with Crippen LogP contribution in [0.3, 0.4) is 0 Å². The van der Waals surface area contributed by atoms with Crippen LogP contribution in [0.5, 0.6) is 0 Å². The maximum absolute atomic E-state index is 14.0. The first-order chi connectivity index (χ1) is 17.6. The molecular formula is C28H30N3O4S-. The number of benzene rings is 3. The second-order valence-corrected chi connectivity index (χ2v) is 10.0. The topological polar surface area (TPSA) is 93.7 Å². The molecular weight excluding hydrogens is 474 g/mol. The molecule has 5 rings (SSSR count). The molecule has 2 N–H and O–H groups in total. The average Bonchev–Trinajstić information content (AvgIpc) is 3.42. The number of ether oxygens (including phenoxy) is 1. The van der Waals surface area contributed by atoms with Gasteiger partial charge in [0.2, 0.25) is 5.91 Å². The Kier molecular flexibility index (Phi) is 7.89. The van der Waals surface area contributed by atoms with Crippen LogP contribution in [0.2, 0.25) is 0 Å². The van der Waals surface area contributed by atoms with E-state index in [0.717, 1.165) is 34.4 Å². The zero-order chi connectivity index (χ0) is 24.9. The summed E-state index contributed by atoms with van der Waals surface area (Å²) in [4.78, 5) is 16.0. The fourth-order valence-electron chi connectivity index (χ4n) is 5.37. The van der Waals surface area contributed by atoms with E-state index in [9.17, 15) is 13.6 Å². The summed E-state index contributed by atoms with van der Waals surface area (Å²) in [6, 6.07) is 26.1. The van der Waals surface area contributed by atoms with Crippen molar-refractivity contribution in [3.63, 3.8) is 0 Å². The molecule has 188 valence electrons. The molecule has 1 unspecified atom stereocenters. The minimum absolute atomic E-state index is 0.0314. The van der Waals surface area contributed by atoms with Crippen molar-refractivity contribution in [2.75, 3.05) is 32.8 Å². The molecule has 0 aliphatic carbocycles. The van der Waals surface area contributed by atoms with Gasteiger partial charge < -0.3 is 19.5 Å². The number of carbonyl (C=O) groups excluding carboxylic acids is 1. The van der Waals surface area contributed by atoms with Gasteiger partial charge in [0.25, 0.3) is 0 Å². The minimum Gasteiger partial charge on any atom is -0.760 e. The van der Waals surface area contributed by atoms with Crippen LogP contribution >= 0.6 is 0 Å². The van der Waals surface area contributed by atoms with Gasteiger partial charge in [0.05, 0.1) is 25.2 Å². The summed E-state index contributed by atoms with van der Waals surface area (Å²) in [6.45, 7) is 3.23. The monoisotopic (exact) mass is 504 g/mol. The molecule has 0 aromatic heterocycles. The Hall–Kier alpha value is -2.88. The molecule has 2 aliphatic rings. The molecule has 0 radical (unpaired) electrons. The zero-order valence-electron chi connectivity index (χ0n) is 20.0. The van der Waals surface area contributed by atoms with Crippen molar-refractivity contribution in [3.05, 3.63) is 95.6 Å². The summed E-state index contributed by atoms with van der Waals surface area (Å²) in [5, 5.41) is 3.46. The van der Waals surface area contributed by atoms with E-state index in [0.29, 0.717) is 26.3 Å². The Morgan fingerprint density at radius 3 is 2.69 bits per heavy atom. The summed E-state index contributed by atoms with van der Waals surface area (Å²) in [5.74, 6) is 0.0138. The maximum atomic E-state index is 14.0. The Labute approximate surface area is 214 Å². The number of morpholine rings is 1. The lowest BCUT2D eigenvalue weighted by Gasteiger charge is -2.38. The molecule has 2 fully saturated rings. The molecule has 2 saturated heterocycles. The lowest BCUT2D eigenvalue weighted by atomic mass is 9.83. The van der Waals surface area contributed by atoms with E-state index in [1.807, 2.05) is 59.5 Å². The highest BCUT2D eigenvalue weighted by Crippen LogP contribution is 2.38. The molecule has 4 atom stereocenters. The van der Waals surface area contributed by atoms with Gasteiger partial charge in [-0.25, -0.2) is 4.72 Å². The van der Waals surface area contributed by atoms with Crippen LogP contribution in [0, 0.1) is 5.92 Å². The third-order valence-corrected chi connectivity index (χ3v) is 7.50. The van der Waals surface area contributed by atoms with Gasteiger partial charge >= 0.3 is 0 Å². The third-order valence-electron chi connectivity index (χ3n) is 7.12. The van der Waals surface area contributed by atoms with E-state index in [4.69, 9.17) is 4.74 Å². The molecule has 1 amide bonds. The molecule has 8 heteroatoms. The Morgan fingerprint density at radius 1 is 1.06 bits per heavy atom. The van der Waals surface area contributed by atoms with Gasteiger partial charge in [-0.15, -0.1) is 0 Å². The van der Waals surface area contributed by atoms with Crippen molar-refractivity contribution in [3.8, 4) is 11.1 Å². The van der Waals surface area contributed by atoms with Crippen LogP contribution in [-0.4, -0.2) is 52.4 Å². The van der Waals surface area contributed by atoms with Gasteiger partial charge in [-0.1, -0.05) is 72.8 Å². The highest BCUT2D eigenvalue weighted by molar-refractivity contribution is 7.77. The summed E-state index contributed by atoms with van der Waals surface area (Å²) >= 11 is -2.31. The standard InChI is InChI=1S/C28H31N3O4S/c32-28(31-13-14-35-19-27(31)21-8-2-1-3-9-21)26-18-29-17-25(26)24-12-5-4-11-23(24)22-10-6-7-20(15-22)16-30-36(33)34/h1-12,15,25-27,29-30H,13-14,16-19H2,(H,33,34)/p-1/t25-,26+,27+/m0/s1. The third kappa shape index (κ3) is 5.43. The number of rotatable bonds is 7. The van der Waals surface area contributed by atoms with E-state index in [2.05, 4.69) is 34.3 Å². The van der Waals surface area contributed by atoms with E-state index in [1.54, 1.807) is 0 Å². The van der Waals surface area contributed by atoms with Crippen LogP contribution in [0.25, 0.3) is 11.1 Å². The Balaban J connectivity index is 1.42. The summed E-state index contributed by atoms with van der Waals surface area (Å²) in [5.41, 5.74) is 5.17. The fourth-order valence-corrected chi connectivity index (χ4v) is 5.66. The van der Waals surface area contributed by atoms with E-state index >= 15 is 0 Å². The van der Waals surface area contributed by atoms with Crippen LogP contribution in [0.15, 0.2) is 78.9 Å². The second kappa shape index (κ2) is 11.5. The number of hydrogen-bond donors (Lipinski definition) is 2. The predicted octanol–water partition coefficient (Wildman–Crippen LogP) is 3.14. The summed E-state index contributed by atoms with van der Waals surface area (Å²) in [6.07, 6.45) is 0. The number of amides is 1. The molecule has 0 bridgehead atoms. The van der Waals surface area contributed by atoms with Crippen molar-refractivity contribution in [1.82, 2.24) is 14.9 Å². The van der Waals surface area contributed by atoms with E-state index in [-0.39, 0.29) is 30.3 Å². The molecule has 0 spiro atoms. The molecule has 3 aromatic carbocycles. The minimum atomic E-state index is -2.31. The van der Waals surface area contributed by atoms with Crippen LogP contribution < -0.4 is 10.0 Å². The average molecular weight is 505 g/mol. The first kappa shape index (κ1) is 24.8. The largest absolute Gasteiger partial charge is 0.760 e. The van der Waals surface area contributed by atoms with Gasteiger partial charge in [-0.05, 0) is 33.9 Å². The van der Waals surface area contributed by atoms with Crippen molar-refractivity contribution in [1.29, 1.82) is 0 Å². The quantitative estimate of drug-likeness (QED) is 0.482. The predicted molar refractivity (Wildman–Crippen MR) is 138 cm³/mol. The molecule has 7 nitrogen and oxygen atoms in total. The van der Waals surface area contributed by atoms with Crippen LogP contribution in [-0.2, 0) is 27.3 Å². The van der Waals surface area contributed by atoms with Gasteiger partial charge in [-0.3, -0.25) is 9.00 Å². The Morgan fingerprint density at radius 2 is 1.86 bits per heavy atom. The number of nitrogens with zero attached hydrogens (tertiary/aromatic N) is 1. The SMILES string of the molecule is O=C([C@@H]1CNC[C@H]1c1ccccc1-c1cccc(CNS(=O)[O-])c1)N1CCOC[C@@H]1c1ccccc1. The van der Waals surface area contributed by atoms with Gasteiger partial charge in [0, 0.05) is 43.4 Å². The summed E-state index contributed by atoms with van der Waals surface area (Å²) < 4.78 is 30.1. The lowest BCUT2D eigenvalue weighted by molar-refractivity contribution is -0.144. The normalized spacial score (nSPS) is 22.9. The Bertz CT molecular complexity index is 1220. The molecule has 2 heterocycles. The highest BCUT2D eigenvalue weighted by atomic mass is 32.2. The molecule has 36 heavy (non-hydrogen) atoms. The van der Waals surface area contributed by atoms with Gasteiger partial charge in [0.1, 0.15) is 0 Å². The number of nitrogens with one attached hydrogen (secondary N) is 2. The van der Waals surface area contributed by atoms with Crippen molar-refractivity contribution >= 4 is 17.2 Å². The van der Waals surface area contributed by atoms with Crippen LogP contribution in [0.1, 0.15) is 28.7 Å². The van der Waals surface area contributed by atoms with E-state index < -0.39 is 11.3 Å². The van der Waals surface area contributed by atoms with Crippen molar-refractivity contribution in [2.24, 2.45) is 5.92 Å². The first-order valence-corrected chi connectivity index (χ1v) is 13.3. The molecule has 3 aromatic rings. The van der Waals surface area contributed by atoms with Gasteiger partial charge in [0.15, 0.2) is 0 Å². The highest BCUT2D eigenvalue weighted by Gasteiger charge is 2.40. The molecule has 0 saturated carbocycles. The van der Waals surface area contributed by atoms with Crippen LogP contribution in [0.4, 0.5) is 0 Å². The summed E-state index contributed by atoms with van der Waals surface area (Å²) in [7, 11) is 0.